The summed E-state index contributed by atoms with van der Waals surface area (Å²) in [5, 5.41) is 33.9. The predicted octanol–water partition coefficient (Wildman–Crippen LogP) is 2.31. The Morgan fingerprint density at radius 3 is 2.57 bits per heavy atom. The van der Waals surface area contributed by atoms with Crippen LogP contribution >= 0.6 is 0 Å². The number of non-ortho nitro benzene ring substituents is 1. The van der Waals surface area contributed by atoms with E-state index >= 15 is 0 Å². The number of nitrogens with zero attached hydrogens (tertiary/aromatic N) is 1. The van der Waals surface area contributed by atoms with Crippen LogP contribution in [0.25, 0.3) is 0 Å². The Kier molecular flexibility index (Phi) is 7.73. The van der Waals surface area contributed by atoms with E-state index in [9.17, 15) is 25.1 Å². The van der Waals surface area contributed by atoms with Crippen LogP contribution in [-0.2, 0) is 11.3 Å². The monoisotopic (exact) mass is 390 g/mol. The standard InChI is InChI=1S/C19H22N2O7/c1-2-27-17-9-8-14(21(25)26)10-15(17)18(23)16(22)11-20-19(24)28-12-13-6-4-3-5-7-13/h3-10,16,18,22-23H,2,11-12H2,1H3,(H,20,24). The van der Waals surface area contributed by atoms with E-state index in [1.807, 2.05) is 18.2 Å². The molecule has 0 aromatic heterocycles. The molecule has 3 N–H and O–H groups in total. The highest BCUT2D eigenvalue weighted by Crippen LogP contribution is 2.31. The number of aliphatic hydroxyl groups excluding tert-OH is 2. The maximum atomic E-state index is 11.8. The summed E-state index contributed by atoms with van der Waals surface area (Å²) >= 11 is 0. The van der Waals surface area contributed by atoms with Crippen molar-refractivity contribution in [2.45, 2.75) is 25.7 Å². The highest BCUT2D eigenvalue weighted by molar-refractivity contribution is 5.67. The van der Waals surface area contributed by atoms with E-state index in [-0.39, 0.29) is 36.8 Å². The lowest BCUT2D eigenvalue weighted by Crippen LogP contribution is -2.35. The van der Waals surface area contributed by atoms with Crippen molar-refractivity contribution >= 4 is 11.8 Å². The zero-order chi connectivity index (χ0) is 20.5. The lowest BCUT2D eigenvalue weighted by Gasteiger charge is -2.21. The average molecular weight is 390 g/mol. The lowest BCUT2D eigenvalue weighted by molar-refractivity contribution is -0.385. The van der Waals surface area contributed by atoms with Gasteiger partial charge in [0.15, 0.2) is 0 Å². The topological polar surface area (TPSA) is 131 Å². The van der Waals surface area contributed by atoms with Gasteiger partial charge in [0.2, 0.25) is 0 Å². The van der Waals surface area contributed by atoms with Crippen LogP contribution in [0.1, 0.15) is 24.2 Å². The second kappa shape index (κ2) is 10.2. The van der Waals surface area contributed by atoms with Gasteiger partial charge in [-0.25, -0.2) is 4.79 Å². The third-order valence-electron chi connectivity index (χ3n) is 3.86. The van der Waals surface area contributed by atoms with Crippen molar-refractivity contribution in [2.24, 2.45) is 0 Å². The molecule has 9 nitrogen and oxygen atoms in total. The van der Waals surface area contributed by atoms with Crippen molar-refractivity contribution in [3.63, 3.8) is 0 Å². The Morgan fingerprint density at radius 1 is 1.21 bits per heavy atom. The molecule has 0 radical (unpaired) electrons. The molecule has 2 rings (SSSR count). The summed E-state index contributed by atoms with van der Waals surface area (Å²) in [5.74, 6) is 0.214. The minimum atomic E-state index is -1.50. The molecule has 0 aliphatic heterocycles. The second-order valence-electron chi connectivity index (χ2n) is 5.87. The minimum absolute atomic E-state index is 0.0583. The fourth-order valence-corrected chi connectivity index (χ4v) is 2.45. The van der Waals surface area contributed by atoms with Crippen molar-refractivity contribution in [1.29, 1.82) is 0 Å². The number of nitrogens with one attached hydrogen (secondary N) is 1. The number of amides is 1. The number of nitro benzene ring substituents is 1. The number of alkyl carbamates (subject to hydrolysis) is 1. The minimum Gasteiger partial charge on any atom is -0.493 e. The molecule has 0 fully saturated rings. The Bertz CT molecular complexity index is 798. The van der Waals surface area contributed by atoms with Gasteiger partial charge in [0, 0.05) is 24.2 Å². The number of ether oxygens (including phenoxy) is 2. The van der Waals surface area contributed by atoms with Crippen LogP contribution in [0.5, 0.6) is 5.75 Å². The van der Waals surface area contributed by atoms with Gasteiger partial charge in [-0.05, 0) is 18.6 Å². The number of carbonyl (C=O) groups excluding carboxylic acids is 1. The Labute approximate surface area is 161 Å². The van der Waals surface area contributed by atoms with Crippen molar-refractivity contribution in [3.8, 4) is 5.75 Å². The molecule has 0 bridgehead atoms. The second-order valence-corrected chi connectivity index (χ2v) is 5.87. The maximum absolute atomic E-state index is 11.8. The molecule has 0 heterocycles. The number of carbonyl (C=O) groups is 1. The maximum Gasteiger partial charge on any atom is 0.407 e. The fourth-order valence-electron chi connectivity index (χ4n) is 2.45. The normalized spacial score (nSPS) is 12.7. The zero-order valence-corrected chi connectivity index (χ0v) is 15.3. The van der Waals surface area contributed by atoms with E-state index in [0.29, 0.717) is 0 Å². The van der Waals surface area contributed by atoms with Gasteiger partial charge in [0.25, 0.3) is 5.69 Å². The quantitative estimate of drug-likeness (QED) is 0.442. The molecule has 2 aromatic rings. The summed E-state index contributed by atoms with van der Waals surface area (Å²) in [5.41, 5.74) is 0.610. The van der Waals surface area contributed by atoms with Gasteiger partial charge < -0.3 is 25.0 Å². The summed E-state index contributed by atoms with van der Waals surface area (Å²) < 4.78 is 10.4. The first-order valence-electron chi connectivity index (χ1n) is 8.64. The SMILES string of the molecule is CCOc1ccc([N+](=O)[O-])cc1C(O)C(O)CNC(=O)OCc1ccccc1. The van der Waals surface area contributed by atoms with Gasteiger partial charge in [-0.15, -0.1) is 0 Å². The summed E-state index contributed by atoms with van der Waals surface area (Å²) in [6.07, 6.45) is -3.69. The number of aliphatic hydroxyl groups is 2. The van der Waals surface area contributed by atoms with E-state index in [1.165, 1.54) is 12.1 Å². The summed E-state index contributed by atoms with van der Waals surface area (Å²) in [6.45, 7) is 1.74. The molecule has 1 amide bonds. The predicted molar refractivity (Wildman–Crippen MR) is 99.9 cm³/mol. The molecule has 0 saturated heterocycles. The van der Waals surface area contributed by atoms with E-state index in [4.69, 9.17) is 9.47 Å². The van der Waals surface area contributed by atoms with Crippen LogP contribution < -0.4 is 10.1 Å². The number of hydrogen-bond donors (Lipinski definition) is 3. The Balaban J connectivity index is 1.95. The van der Waals surface area contributed by atoms with Crippen LogP contribution in [0.3, 0.4) is 0 Å². The van der Waals surface area contributed by atoms with Crippen molar-refractivity contribution in [3.05, 3.63) is 69.8 Å². The Morgan fingerprint density at radius 2 is 1.93 bits per heavy atom. The van der Waals surface area contributed by atoms with Crippen molar-refractivity contribution in [1.82, 2.24) is 5.32 Å². The third kappa shape index (κ3) is 5.93. The lowest BCUT2D eigenvalue weighted by atomic mass is 10.0. The molecule has 0 aliphatic rings. The molecular formula is C19H22N2O7. The first kappa shape index (κ1) is 21.1. The zero-order valence-electron chi connectivity index (χ0n) is 15.3. The summed E-state index contributed by atoms with van der Waals surface area (Å²) in [6, 6.07) is 12.8. The summed E-state index contributed by atoms with van der Waals surface area (Å²) in [4.78, 5) is 22.1. The fraction of sp³-hybridized carbons (Fsp3) is 0.316. The Hall–Kier alpha value is -3.17. The van der Waals surface area contributed by atoms with Gasteiger partial charge >= 0.3 is 6.09 Å². The molecule has 2 atom stereocenters. The van der Waals surface area contributed by atoms with Crippen LogP contribution in [0.4, 0.5) is 10.5 Å². The van der Waals surface area contributed by atoms with Gasteiger partial charge in [0.1, 0.15) is 24.6 Å². The van der Waals surface area contributed by atoms with E-state index in [0.717, 1.165) is 11.6 Å². The highest BCUT2D eigenvalue weighted by Gasteiger charge is 2.25. The molecule has 150 valence electrons. The third-order valence-corrected chi connectivity index (χ3v) is 3.86. The number of nitro groups is 1. The highest BCUT2D eigenvalue weighted by atomic mass is 16.6. The summed E-state index contributed by atoms with van der Waals surface area (Å²) in [7, 11) is 0. The largest absolute Gasteiger partial charge is 0.493 e. The molecule has 28 heavy (non-hydrogen) atoms. The molecule has 0 saturated carbocycles. The van der Waals surface area contributed by atoms with Crippen LogP contribution in [0.2, 0.25) is 0 Å². The van der Waals surface area contributed by atoms with Crippen LogP contribution in [0, 0.1) is 10.1 Å². The van der Waals surface area contributed by atoms with Gasteiger partial charge in [-0.3, -0.25) is 10.1 Å². The van der Waals surface area contributed by atoms with Crippen LogP contribution in [-0.4, -0.2) is 40.5 Å². The smallest absolute Gasteiger partial charge is 0.407 e. The van der Waals surface area contributed by atoms with Crippen LogP contribution in [0.15, 0.2) is 48.5 Å². The van der Waals surface area contributed by atoms with E-state index < -0.39 is 23.2 Å². The molecule has 9 heteroatoms. The van der Waals surface area contributed by atoms with Gasteiger partial charge in [-0.2, -0.15) is 0 Å². The van der Waals surface area contributed by atoms with E-state index in [2.05, 4.69) is 5.32 Å². The van der Waals surface area contributed by atoms with Crippen molar-refractivity contribution in [2.75, 3.05) is 13.2 Å². The van der Waals surface area contributed by atoms with Gasteiger partial charge in [0.05, 0.1) is 11.5 Å². The molecule has 0 spiro atoms. The molecule has 0 aliphatic carbocycles. The molecule has 2 unspecified atom stereocenters. The van der Waals surface area contributed by atoms with E-state index in [1.54, 1.807) is 19.1 Å². The number of hydrogen-bond acceptors (Lipinski definition) is 7. The van der Waals surface area contributed by atoms with Crippen molar-refractivity contribution < 1.29 is 29.4 Å². The first-order valence-corrected chi connectivity index (χ1v) is 8.64. The first-order chi connectivity index (χ1) is 13.4. The molecule has 2 aromatic carbocycles. The molecular weight excluding hydrogens is 368 g/mol. The number of benzene rings is 2. The average Bonchev–Trinajstić information content (AvgIpc) is 2.71. The van der Waals surface area contributed by atoms with Gasteiger partial charge in [-0.1, -0.05) is 30.3 Å². The number of rotatable bonds is 9.